The Morgan fingerprint density at radius 3 is 2.50 bits per heavy atom. The molecule has 1 heterocycles. The van der Waals surface area contributed by atoms with Crippen LogP contribution in [0.3, 0.4) is 0 Å². The molecule has 0 aromatic heterocycles. The second-order valence-corrected chi connectivity index (χ2v) is 1.18. The van der Waals surface area contributed by atoms with Gasteiger partial charge in [0.15, 0.2) is 0 Å². The molecule has 3 heteroatoms. The van der Waals surface area contributed by atoms with E-state index in [0.29, 0.717) is 0 Å². The van der Waals surface area contributed by atoms with E-state index in [4.69, 9.17) is 10.4 Å². The summed E-state index contributed by atoms with van der Waals surface area (Å²) in [6, 6.07) is 1.55. The van der Waals surface area contributed by atoms with Crippen LogP contribution in [0.15, 0.2) is 0 Å². The average molecular weight is 85.1 g/mol. The fraction of sp³-hybridized carbons (Fsp3) is 0.667. The minimum absolute atomic E-state index is 0.170. The van der Waals surface area contributed by atoms with Crippen molar-refractivity contribution in [1.29, 1.82) is 5.26 Å². The Kier molecular flexibility index (Phi) is 0.434. The van der Waals surface area contributed by atoms with Crippen LogP contribution in [0.1, 0.15) is 0 Å². The minimum Gasteiger partial charge on any atom is -0.352 e. The van der Waals surface area contributed by atoms with E-state index in [-0.39, 0.29) is 6.61 Å². The van der Waals surface area contributed by atoms with Gasteiger partial charge in [-0.05, 0) is 0 Å². The van der Waals surface area contributed by atoms with Crippen molar-refractivity contribution in [2.24, 2.45) is 0 Å². The topological polar surface area (TPSA) is 56.5 Å². The molecule has 1 rings (SSSR count). The van der Waals surface area contributed by atoms with E-state index in [9.17, 15) is 0 Å². The van der Waals surface area contributed by atoms with Gasteiger partial charge < -0.3 is 9.84 Å². The Labute approximate surface area is 34.8 Å². The maximum atomic E-state index is 8.35. The molecule has 6 heavy (non-hydrogen) atoms. The van der Waals surface area contributed by atoms with Crippen molar-refractivity contribution in [3.8, 4) is 6.07 Å². The van der Waals surface area contributed by atoms with Gasteiger partial charge in [-0.3, -0.25) is 0 Å². The molecule has 0 radical (unpaired) electrons. The molecule has 1 fully saturated rings. The highest BCUT2D eigenvalue weighted by Crippen LogP contribution is 2.20. The largest absolute Gasteiger partial charge is 0.352 e. The third-order valence-electron chi connectivity index (χ3n) is 0.592. The molecular weight excluding hydrogens is 82.0 g/mol. The van der Waals surface area contributed by atoms with Crippen LogP contribution in [0, 0.1) is 11.3 Å². The maximum Gasteiger partial charge on any atom is 0.281 e. The van der Waals surface area contributed by atoms with Gasteiger partial charge >= 0.3 is 0 Å². The smallest absolute Gasteiger partial charge is 0.281 e. The van der Waals surface area contributed by atoms with Gasteiger partial charge in [0.25, 0.3) is 5.79 Å². The average Bonchev–Trinajstić information content (AvgIpc) is 2.22. The van der Waals surface area contributed by atoms with E-state index in [0.717, 1.165) is 0 Å². The monoisotopic (exact) mass is 85.0 g/mol. The number of hydrogen-bond acceptors (Lipinski definition) is 3. The summed E-state index contributed by atoms with van der Waals surface area (Å²) in [7, 11) is 0. The molecule has 1 atom stereocenters. The molecule has 1 unspecified atom stereocenters. The molecule has 0 amide bonds. The van der Waals surface area contributed by atoms with Crippen LogP contribution in [0.5, 0.6) is 0 Å². The maximum absolute atomic E-state index is 8.35. The van der Waals surface area contributed by atoms with E-state index in [1.807, 2.05) is 0 Å². The van der Waals surface area contributed by atoms with Crippen LogP contribution in [0.2, 0.25) is 0 Å². The third-order valence-corrected chi connectivity index (χ3v) is 0.592. The zero-order valence-electron chi connectivity index (χ0n) is 3.01. The molecule has 1 N–H and O–H groups in total. The molecule has 1 aliphatic heterocycles. The zero-order valence-corrected chi connectivity index (χ0v) is 3.01. The van der Waals surface area contributed by atoms with Crippen LogP contribution >= 0.6 is 0 Å². The number of hydrogen-bond donors (Lipinski definition) is 1. The van der Waals surface area contributed by atoms with Crippen molar-refractivity contribution >= 4 is 0 Å². The summed E-state index contributed by atoms with van der Waals surface area (Å²) in [5, 5.41) is 16.2. The van der Waals surface area contributed by atoms with Crippen LogP contribution in [0.25, 0.3) is 0 Å². The highest BCUT2D eigenvalue weighted by molar-refractivity contribution is 5.00. The lowest BCUT2D eigenvalue weighted by molar-refractivity contribution is 0.0897. The van der Waals surface area contributed by atoms with Crippen molar-refractivity contribution in [1.82, 2.24) is 0 Å². The lowest BCUT2D eigenvalue weighted by Gasteiger charge is -1.78. The van der Waals surface area contributed by atoms with Crippen molar-refractivity contribution in [2.75, 3.05) is 6.61 Å². The number of aliphatic hydroxyl groups is 1. The molecule has 0 spiro atoms. The summed E-state index contributed by atoms with van der Waals surface area (Å²) in [5.41, 5.74) is 0. The predicted octanol–water partition coefficient (Wildman–Crippen LogP) is -0.771. The van der Waals surface area contributed by atoms with E-state index in [1.54, 1.807) is 6.07 Å². The first-order valence-electron chi connectivity index (χ1n) is 1.54. The molecule has 0 aromatic carbocycles. The Hall–Kier alpha value is -0.590. The second kappa shape index (κ2) is 0.725. The molecule has 1 saturated heterocycles. The summed E-state index contributed by atoms with van der Waals surface area (Å²) in [5.74, 6) is -1.40. The number of nitriles is 1. The van der Waals surface area contributed by atoms with Gasteiger partial charge in [-0.2, -0.15) is 5.26 Å². The third kappa shape index (κ3) is 0.361. The molecule has 0 aromatic rings. The van der Waals surface area contributed by atoms with Gasteiger partial charge in [0, 0.05) is 0 Å². The molecule has 1 aliphatic rings. The number of rotatable bonds is 0. The Morgan fingerprint density at radius 2 is 2.50 bits per heavy atom. The van der Waals surface area contributed by atoms with Gasteiger partial charge in [-0.1, -0.05) is 0 Å². The summed E-state index contributed by atoms with van der Waals surface area (Å²) < 4.78 is 4.24. The first-order valence-corrected chi connectivity index (χ1v) is 1.54. The SMILES string of the molecule is N#CC1(O)CO1. The molecule has 0 aliphatic carbocycles. The molecular formula is C3H3NO2. The quantitative estimate of drug-likeness (QED) is 0.310. The van der Waals surface area contributed by atoms with Gasteiger partial charge in [0.1, 0.15) is 12.7 Å². The predicted molar refractivity (Wildman–Crippen MR) is 16.5 cm³/mol. The molecule has 0 bridgehead atoms. The van der Waals surface area contributed by atoms with Gasteiger partial charge in [0.05, 0.1) is 0 Å². The zero-order chi connectivity index (χ0) is 4.62. The standard InChI is InChI=1S/C3H3NO2/c4-1-3(5)2-6-3/h5H,2H2. The van der Waals surface area contributed by atoms with Crippen molar-refractivity contribution < 1.29 is 9.84 Å². The summed E-state index contributed by atoms with van der Waals surface area (Å²) in [4.78, 5) is 0. The number of ether oxygens (including phenoxy) is 1. The Bertz CT molecular complexity index is 99.9. The van der Waals surface area contributed by atoms with Crippen molar-refractivity contribution in [3.63, 3.8) is 0 Å². The van der Waals surface area contributed by atoms with Crippen LogP contribution in [0.4, 0.5) is 0 Å². The van der Waals surface area contributed by atoms with Crippen LogP contribution in [-0.2, 0) is 4.74 Å². The van der Waals surface area contributed by atoms with Gasteiger partial charge in [0.2, 0.25) is 0 Å². The fourth-order valence-corrected chi connectivity index (χ4v) is 0.133. The van der Waals surface area contributed by atoms with Crippen LogP contribution in [-0.4, -0.2) is 17.5 Å². The van der Waals surface area contributed by atoms with Gasteiger partial charge in [-0.25, -0.2) is 0 Å². The number of nitrogens with zero attached hydrogens (tertiary/aromatic N) is 1. The normalized spacial score (nSPS) is 41.3. The molecule has 0 saturated carbocycles. The van der Waals surface area contributed by atoms with E-state index < -0.39 is 5.79 Å². The minimum atomic E-state index is -1.40. The van der Waals surface area contributed by atoms with Crippen LogP contribution < -0.4 is 0 Å². The first kappa shape index (κ1) is 3.59. The second-order valence-electron chi connectivity index (χ2n) is 1.18. The summed E-state index contributed by atoms with van der Waals surface area (Å²) >= 11 is 0. The number of epoxide rings is 1. The molecule has 32 valence electrons. The fourth-order valence-electron chi connectivity index (χ4n) is 0.133. The highest BCUT2D eigenvalue weighted by atomic mass is 16.7. The van der Waals surface area contributed by atoms with E-state index in [2.05, 4.69) is 4.74 Å². The Balaban J connectivity index is 2.54. The lowest BCUT2D eigenvalue weighted by Crippen LogP contribution is -2.02. The Morgan fingerprint density at radius 1 is 2.00 bits per heavy atom. The van der Waals surface area contributed by atoms with E-state index >= 15 is 0 Å². The lowest BCUT2D eigenvalue weighted by atomic mass is 10.5. The van der Waals surface area contributed by atoms with Crippen molar-refractivity contribution in [2.45, 2.75) is 5.79 Å². The highest BCUT2D eigenvalue weighted by Gasteiger charge is 2.43. The first-order chi connectivity index (χ1) is 2.77. The summed E-state index contributed by atoms with van der Waals surface area (Å²) in [6.45, 7) is 0.170. The van der Waals surface area contributed by atoms with E-state index in [1.165, 1.54) is 0 Å². The van der Waals surface area contributed by atoms with Gasteiger partial charge in [-0.15, -0.1) is 0 Å². The summed E-state index contributed by atoms with van der Waals surface area (Å²) in [6.07, 6.45) is 0. The molecule has 3 nitrogen and oxygen atoms in total. The van der Waals surface area contributed by atoms with Crippen molar-refractivity contribution in [3.05, 3.63) is 0 Å².